The molecular formula is C16H8F6N4S2. The van der Waals surface area contributed by atoms with Crippen molar-refractivity contribution < 1.29 is 26.3 Å². The topological polar surface area (TPSA) is 49.4 Å². The predicted molar refractivity (Wildman–Crippen MR) is 95.8 cm³/mol. The van der Waals surface area contributed by atoms with E-state index in [9.17, 15) is 26.3 Å². The van der Waals surface area contributed by atoms with Crippen molar-refractivity contribution in [2.75, 3.05) is 0 Å². The first-order valence-electron chi connectivity index (χ1n) is 7.40. The molecule has 0 fully saturated rings. The number of nitrogens with zero attached hydrogens (tertiary/aromatic N) is 4. The molecule has 0 atom stereocenters. The summed E-state index contributed by atoms with van der Waals surface area (Å²) in [5.74, 6) is -0.0617. The molecule has 1 aliphatic heterocycles. The number of halogens is 6. The van der Waals surface area contributed by atoms with Gasteiger partial charge in [-0.3, -0.25) is 0 Å². The molecule has 2 aromatic rings. The Hall–Kier alpha value is -2.47. The van der Waals surface area contributed by atoms with Gasteiger partial charge in [0.15, 0.2) is 11.7 Å². The molecule has 0 N–H and O–H groups in total. The van der Waals surface area contributed by atoms with Gasteiger partial charge in [0.05, 0.1) is 22.5 Å². The lowest BCUT2D eigenvalue weighted by Crippen LogP contribution is -2.07. The summed E-state index contributed by atoms with van der Waals surface area (Å²) in [6, 6.07) is 8.86. The normalized spacial score (nSPS) is 18.9. The van der Waals surface area contributed by atoms with E-state index in [4.69, 9.17) is 0 Å². The van der Waals surface area contributed by atoms with Gasteiger partial charge in [0.1, 0.15) is 12.1 Å². The minimum Gasteiger partial charge on any atom is -0.171 e. The molecule has 0 saturated carbocycles. The van der Waals surface area contributed by atoms with Crippen LogP contribution in [-0.2, 0) is 23.7 Å². The number of alkyl halides is 6. The van der Waals surface area contributed by atoms with Crippen LogP contribution in [0.3, 0.4) is 0 Å². The van der Waals surface area contributed by atoms with Crippen LogP contribution in [0.2, 0.25) is 0 Å². The maximum atomic E-state index is 12.8. The SMILES string of the molecule is FC(F)(F)c1cccc(/C2=N/S/N=C(/c3cccc(C(F)(F)F)c3)N=S=N2)c1. The summed E-state index contributed by atoms with van der Waals surface area (Å²) >= 11 is 1.15. The van der Waals surface area contributed by atoms with Crippen molar-refractivity contribution in [3.8, 4) is 0 Å². The maximum Gasteiger partial charge on any atom is 0.416 e. The fourth-order valence-corrected chi connectivity index (χ4v) is 3.19. The minimum atomic E-state index is -4.52. The van der Waals surface area contributed by atoms with Crippen LogP contribution >= 0.6 is 12.1 Å². The first kappa shape index (κ1) is 20.3. The van der Waals surface area contributed by atoms with Crippen LogP contribution < -0.4 is 0 Å². The molecule has 28 heavy (non-hydrogen) atoms. The lowest BCUT2D eigenvalue weighted by molar-refractivity contribution is -0.138. The molecule has 0 unspecified atom stereocenters. The first-order valence-corrected chi connectivity index (χ1v) is 8.86. The summed E-state index contributed by atoms with van der Waals surface area (Å²) in [6.45, 7) is 0. The van der Waals surface area contributed by atoms with Gasteiger partial charge in [-0.25, -0.2) is 0 Å². The Labute approximate surface area is 162 Å². The van der Waals surface area contributed by atoms with Crippen LogP contribution in [0.5, 0.6) is 0 Å². The van der Waals surface area contributed by atoms with E-state index in [1.165, 1.54) is 24.3 Å². The van der Waals surface area contributed by atoms with Gasteiger partial charge in [-0.15, -0.1) is 0 Å². The summed E-state index contributed by atoms with van der Waals surface area (Å²) in [6.07, 6.45) is -9.03. The predicted octanol–water partition coefficient (Wildman–Crippen LogP) is 5.94. The Balaban J connectivity index is 1.89. The van der Waals surface area contributed by atoms with E-state index in [1.807, 2.05) is 0 Å². The Morgan fingerprint density at radius 3 is 1.46 bits per heavy atom. The van der Waals surface area contributed by atoms with Gasteiger partial charge in [0, 0.05) is 11.1 Å². The van der Waals surface area contributed by atoms with Crippen molar-refractivity contribution in [3.05, 3.63) is 70.8 Å². The van der Waals surface area contributed by atoms with E-state index >= 15 is 0 Å². The Bertz CT molecular complexity index is 943. The molecule has 4 nitrogen and oxygen atoms in total. The Morgan fingerprint density at radius 1 is 0.643 bits per heavy atom. The molecule has 146 valence electrons. The maximum absolute atomic E-state index is 12.8. The highest BCUT2D eigenvalue weighted by Gasteiger charge is 2.31. The lowest BCUT2D eigenvalue weighted by Gasteiger charge is -2.09. The smallest absolute Gasteiger partial charge is 0.171 e. The molecule has 12 heteroatoms. The van der Waals surface area contributed by atoms with Crippen molar-refractivity contribution >= 4 is 35.2 Å². The zero-order valence-electron chi connectivity index (χ0n) is 13.5. The fraction of sp³-hybridized carbons (Fsp3) is 0.125. The van der Waals surface area contributed by atoms with Crippen molar-refractivity contribution in [1.29, 1.82) is 0 Å². The van der Waals surface area contributed by atoms with E-state index in [0.29, 0.717) is 23.5 Å². The largest absolute Gasteiger partial charge is 0.416 e. The van der Waals surface area contributed by atoms with Gasteiger partial charge in [-0.2, -0.15) is 43.9 Å². The molecule has 0 aliphatic carbocycles. The highest BCUT2D eigenvalue weighted by atomic mass is 32.2. The second-order valence-corrected chi connectivity index (χ2v) is 6.39. The third-order valence-corrected chi connectivity index (χ3v) is 4.42. The van der Waals surface area contributed by atoms with Crippen molar-refractivity contribution in [2.45, 2.75) is 12.4 Å². The molecule has 0 saturated heterocycles. The van der Waals surface area contributed by atoms with Crippen LogP contribution in [-0.4, -0.2) is 11.7 Å². The van der Waals surface area contributed by atoms with Crippen LogP contribution in [0.15, 0.2) is 66.1 Å². The molecule has 0 spiro atoms. The number of hydrogen-bond acceptors (Lipinski definition) is 5. The van der Waals surface area contributed by atoms with E-state index in [0.717, 1.165) is 24.3 Å². The van der Waals surface area contributed by atoms with Crippen molar-refractivity contribution in [3.63, 3.8) is 0 Å². The number of hydrogen-bond donors (Lipinski definition) is 0. The van der Waals surface area contributed by atoms with E-state index in [2.05, 4.69) is 17.5 Å². The monoisotopic (exact) mass is 434 g/mol. The second-order valence-electron chi connectivity index (χ2n) is 5.33. The number of benzene rings is 2. The molecule has 2 aromatic carbocycles. The number of amidine groups is 2. The van der Waals surface area contributed by atoms with E-state index in [-0.39, 0.29) is 22.8 Å². The average Bonchev–Trinajstić information content (AvgIpc) is 2.60. The highest BCUT2D eigenvalue weighted by Crippen LogP contribution is 2.31. The summed E-state index contributed by atoms with van der Waals surface area (Å²) < 4.78 is 92.7. The van der Waals surface area contributed by atoms with Gasteiger partial charge in [0.2, 0.25) is 0 Å². The van der Waals surface area contributed by atoms with Gasteiger partial charge < -0.3 is 0 Å². The number of rotatable bonds is 2. The first-order chi connectivity index (χ1) is 13.1. The molecule has 0 radical (unpaired) electrons. The molecule has 0 amide bonds. The zero-order valence-corrected chi connectivity index (χ0v) is 15.1. The molecule has 3 rings (SSSR count). The van der Waals surface area contributed by atoms with E-state index in [1.54, 1.807) is 0 Å². The van der Waals surface area contributed by atoms with E-state index < -0.39 is 23.5 Å². The molecule has 0 bridgehead atoms. The summed E-state index contributed by atoms with van der Waals surface area (Å²) in [7, 11) is 0. The molecule has 1 heterocycles. The molecule has 0 aromatic heterocycles. The van der Waals surface area contributed by atoms with Crippen molar-refractivity contribution in [1.82, 2.24) is 0 Å². The molecule has 1 aliphatic rings. The van der Waals surface area contributed by atoms with Gasteiger partial charge in [-0.05, 0) is 24.3 Å². The quantitative estimate of drug-likeness (QED) is 0.426. The summed E-state index contributed by atoms with van der Waals surface area (Å²) in [4.78, 5) is 0. The van der Waals surface area contributed by atoms with Crippen LogP contribution in [0.4, 0.5) is 26.3 Å². The summed E-state index contributed by atoms with van der Waals surface area (Å²) in [5.41, 5.74) is -1.49. The van der Waals surface area contributed by atoms with Gasteiger partial charge in [0.25, 0.3) is 0 Å². The van der Waals surface area contributed by atoms with Gasteiger partial charge in [-0.1, -0.05) is 24.3 Å². The highest BCUT2D eigenvalue weighted by molar-refractivity contribution is 7.97. The lowest BCUT2D eigenvalue weighted by atomic mass is 10.1. The summed E-state index contributed by atoms with van der Waals surface area (Å²) in [5, 5.41) is 0. The Kier molecular flexibility index (Phi) is 5.70. The minimum absolute atomic E-state index is 0.0308. The fourth-order valence-electron chi connectivity index (χ4n) is 2.11. The van der Waals surface area contributed by atoms with Crippen LogP contribution in [0, 0.1) is 0 Å². The third-order valence-electron chi connectivity index (χ3n) is 3.41. The third kappa shape index (κ3) is 4.87. The molecular weight excluding hydrogens is 426 g/mol. The zero-order chi connectivity index (χ0) is 20.4. The van der Waals surface area contributed by atoms with Crippen LogP contribution in [0.25, 0.3) is 0 Å². The standard InChI is InChI=1S/C16H8F6N4S2/c17-15(18,19)11-5-1-3-9(7-11)13-23-27-25-14(26-28-24-13)10-4-2-6-12(8-10)16(20,21)22/h1-8H/b23-13-,25-14-. The van der Waals surface area contributed by atoms with Crippen molar-refractivity contribution in [2.24, 2.45) is 17.5 Å². The average molecular weight is 434 g/mol. The second kappa shape index (κ2) is 7.87. The van der Waals surface area contributed by atoms with Gasteiger partial charge >= 0.3 is 12.4 Å². The Morgan fingerprint density at radius 2 is 1.07 bits per heavy atom. The van der Waals surface area contributed by atoms with Crippen LogP contribution in [0.1, 0.15) is 22.3 Å².